The summed E-state index contributed by atoms with van der Waals surface area (Å²) in [6.45, 7) is 3.79. The van der Waals surface area contributed by atoms with E-state index in [4.69, 9.17) is 10.5 Å². The topological polar surface area (TPSA) is 135 Å². The Kier molecular flexibility index (Phi) is 10.7. The molecular weight excluding hydrogens is 836 g/mol. The third kappa shape index (κ3) is 7.89. The summed E-state index contributed by atoms with van der Waals surface area (Å²) in [6.07, 6.45) is 0. The molecule has 0 aromatic carbocycles. The van der Waals surface area contributed by atoms with Gasteiger partial charge in [0.1, 0.15) is 5.82 Å². The number of nitrogens with two attached hydrogens (primary N) is 1. The minimum atomic E-state index is -0.519. The van der Waals surface area contributed by atoms with Gasteiger partial charge in [0, 0.05) is 20.8 Å². The van der Waals surface area contributed by atoms with Crippen LogP contribution in [0.5, 0.6) is 5.88 Å². The van der Waals surface area contributed by atoms with Crippen LogP contribution in [-0.2, 0) is 14.4 Å². The van der Waals surface area contributed by atoms with Crippen molar-refractivity contribution >= 4 is 120 Å². The van der Waals surface area contributed by atoms with Gasteiger partial charge >= 0.3 is 5.97 Å². The van der Waals surface area contributed by atoms with E-state index in [1.807, 2.05) is 67.8 Å². The van der Waals surface area contributed by atoms with Gasteiger partial charge in [-0.25, -0.2) is 4.90 Å². The van der Waals surface area contributed by atoms with Gasteiger partial charge in [0.15, 0.2) is 5.82 Å². The number of hydrogen-bond acceptors (Lipinski definition) is 7. The van der Waals surface area contributed by atoms with E-state index in [-0.39, 0.29) is 17.3 Å². The first-order chi connectivity index (χ1) is 13.3. The summed E-state index contributed by atoms with van der Waals surface area (Å²) >= 11 is 7.95. The van der Waals surface area contributed by atoms with E-state index in [2.05, 4.69) is 32.6 Å². The molecule has 9 nitrogen and oxygen atoms in total. The molecule has 0 bridgehead atoms. The third-order valence-corrected chi connectivity index (χ3v) is 6.20. The molecule has 156 valence electrons. The van der Waals surface area contributed by atoms with E-state index < -0.39 is 17.8 Å². The first-order valence-electron chi connectivity index (χ1n) is 7.54. The van der Waals surface area contributed by atoms with Crippen LogP contribution in [0.2, 0.25) is 0 Å². The molecule has 2 aromatic heterocycles. The first kappa shape index (κ1) is 26.5. The fourth-order valence-electron chi connectivity index (χ4n) is 1.82. The van der Waals surface area contributed by atoms with Gasteiger partial charge in [0.2, 0.25) is 17.7 Å². The number of imide groups is 1. The van der Waals surface area contributed by atoms with E-state index in [1.165, 1.54) is 20.8 Å². The molecule has 2 rings (SSSR count). The average molecular weight is 850 g/mol. The number of amides is 2. The van der Waals surface area contributed by atoms with Gasteiger partial charge in [0.05, 0.1) is 14.3 Å². The average Bonchev–Trinajstić information content (AvgIpc) is 2.57. The molecule has 0 saturated carbocycles. The second kappa shape index (κ2) is 11.7. The zero-order valence-corrected chi connectivity index (χ0v) is 23.8. The second-order valence-electron chi connectivity index (χ2n) is 5.26. The van der Waals surface area contributed by atoms with E-state index in [0.717, 1.165) is 8.47 Å². The summed E-state index contributed by atoms with van der Waals surface area (Å²) in [4.78, 5) is 52.4. The smallest absolute Gasteiger partial charge is 0.309 e. The maximum absolute atomic E-state index is 11.5. The molecule has 0 unspecified atom stereocenters. The maximum atomic E-state index is 11.5. The van der Waals surface area contributed by atoms with Crippen LogP contribution in [0.1, 0.15) is 20.8 Å². The van der Waals surface area contributed by atoms with Crippen LogP contribution < -0.4 is 20.9 Å². The SMILES string of the molecule is CC(=O)Oc1nc(N(C(C)=O)C(C)=O)c(I)cc1I.Nc1[nH]c(=O)c(I)cc1I. The predicted octanol–water partition coefficient (Wildman–Crippen LogP) is 3.28. The van der Waals surface area contributed by atoms with Gasteiger partial charge in [0.25, 0.3) is 5.56 Å². The molecular formula is C16H14I4N4O5. The van der Waals surface area contributed by atoms with Crippen LogP contribution >= 0.6 is 90.4 Å². The van der Waals surface area contributed by atoms with Crippen molar-refractivity contribution in [3.63, 3.8) is 0 Å². The molecule has 0 spiro atoms. The Bertz CT molecular complexity index is 1010. The third-order valence-electron chi connectivity index (χ3n) is 2.94. The molecule has 0 saturated heterocycles. The summed E-state index contributed by atoms with van der Waals surface area (Å²) in [5.41, 5.74) is 5.30. The highest BCUT2D eigenvalue weighted by atomic mass is 127. The summed E-state index contributed by atoms with van der Waals surface area (Å²) in [5.74, 6) is -0.741. The molecule has 29 heavy (non-hydrogen) atoms. The van der Waals surface area contributed by atoms with Crippen molar-refractivity contribution in [1.82, 2.24) is 9.97 Å². The number of anilines is 2. The standard InChI is InChI=1S/C11H10I2N2O4.C5H4I2N2O/c1-5(16)15(6(2)17)10-8(12)4-9(13)11(14-10)19-7(3)18;6-2-1-3(7)5(10)9-4(2)8/h4H,1-3H3;1H,(H3,8,9,10). The number of aromatic nitrogens is 2. The Morgan fingerprint density at radius 2 is 1.48 bits per heavy atom. The number of hydrogen-bond donors (Lipinski definition) is 2. The molecule has 2 amide bonds. The Morgan fingerprint density at radius 1 is 0.966 bits per heavy atom. The lowest BCUT2D eigenvalue weighted by Gasteiger charge is -2.18. The summed E-state index contributed by atoms with van der Waals surface area (Å²) in [7, 11) is 0. The molecule has 0 aliphatic rings. The molecule has 0 atom stereocenters. The second-order valence-corrected chi connectivity index (χ2v) is 9.90. The van der Waals surface area contributed by atoms with Crippen LogP contribution in [0.15, 0.2) is 16.9 Å². The molecule has 0 aliphatic heterocycles. The number of nitrogen functional groups attached to an aromatic ring is 1. The number of rotatable bonds is 2. The fourth-order valence-corrected chi connectivity index (χ4v) is 5.12. The Hall–Kier alpha value is -0.570. The minimum absolute atomic E-state index is 0.0796. The van der Waals surface area contributed by atoms with Crippen LogP contribution in [0.25, 0.3) is 0 Å². The Labute approximate surface area is 220 Å². The molecule has 0 radical (unpaired) electrons. The van der Waals surface area contributed by atoms with Crippen LogP contribution in [0, 0.1) is 14.3 Å². The summed E-state index contributed by atoms with van der Waals surface area (Å²) < 4.78 is 7.71. The van der Waals surface area contributed by atoms with E-state index in [1.54, 1.807) is 12.1 Å². The number of H-pyrrole nitrogens is 1. The monoisotopic (exact) mass is 850 g/mol. The molecule has 0 aliphatic carbocycles. The van der Waals surface area contributed by atoms with Gasteiger partial charge < -0.3 is 15.5 Å². The number of pyridine rings is 2. The number of esters is 1. The van der Waals surface area contributed by atoms with Crippen molar-refractivity contribution in [3.8, 4) is 5.88 Å². The Morgan fingerprint density at radius 3 is 1.93 bits per heavy atom. The van der Waals surface area contributed by atoms with Crippen molar-refractivity contribution in [2.45, 2.75) is 20.8 Å². The predicted molar refractivity (Wildman–Crippen MR) is 142 cm³/mol. The zero-order chi connectivity index (χ0) is 22.5. The fraction of sp³-hybridized carbons (Fsp3) is 0.188. The van der Waals surface area contributed by atoms with E-state index in [0.29, 0.717) is 16.5 Å². The number of halogens is 4. The van der Waals surface area contributed by atoms with E-state index >= 15 is 0 Å². The van der Waals surface area contributed by atoms with Gasteiger partial charge in [-0.1, -0.05) is 0 Å². The number of carbonyl (C=O) groups is 3. The van der Waals surface area contributed by atoms with Crippen molar-refractivity contribution < 1.29 is 19.1 Å². The largest absolute Gasteiger partial charge is 0.406 e. The molecule has 13 heteroatoms. The zero-order valence-electron chi connectivity index (χ0n) is 15.2. The molecule has 2 aromatic rings. The van der Waals surface area contributed by atoms with Crippen LogP contribution in [-0.4, -0.2) is 27.8 Å². The summed E-state index contributed by atoms with van der Waals surface area (Å²) in [6, 6.07) is 3.43. The van der Waals surface area contributed by atoms with Gasteiger partial charge in [-0.05, 0) is 102 Å². The highest BCUT2D eigenvalue weighted by Crippen LogP contribution is 2.28. The molecule has 3 N–H and O–H groups in total. The highest BCUT2D eigenvalue weighted by Gasteiger charge is 2.23. The van der Waals surface area contributed by atoms with Crippen molar-refractivity contribution in [2.75, 3.05) is 10.6 Å². The Balaban J connectivity index is 0.000000352. The van der Waals surface area contributed by atoms with Gasteiger partial charge in [-0.3, -0.25) is 19.2 Å². The first-order valence-corrected chi connectivity index (χ1v) is 11.9. The van der Waals surface area contributed by atoms with E-state index in [9.17, 15) is 19.2 Å². The van der Waals surface area contributed by atoms with Crippen molar-refractivity contribution in [1.29, 1.82) is 0 Å². The molecule has 2 heterocycles. The lowest BCUT2D eigenvalue weighted by atomic mass is 10.4. The lowest BCUT2D eigenvalue weighted by molar-refractivity contribution is -0.132. The molecule has 0 fully saturated rings. The lowest BCUT2D eigenvalue weighted by Crippen LogP contribution is -2.34. The highest BCUT2D eigenvalue weighted by molar-refractivity contribution is 14.1. The number of carbonyl (C=O) groups excluding carboxylic acids is 3. The minimum Gasteiger partial charge on any atom is -0.406 e. The number of nitrogens with zero attached hydrogens (tertiary/aromatic N) is 2. The van der Waals surface area contributed by atoms with Gasteiger partial charge in [-0.2, -0.15) is 4.98 Å². The number of ether oxygens (including phenoxy) is 1. The van der Waals surface area contributed by atoms with Crippen LogP contribution in [0.4, 0.5) is 11.6 Å². The van der Waals surface area contributed by atoms with Crippen molar-refractivity contribution in [2.24, 2.45) is 0 Å². The quantitative estimate of drug-likeness (QED) is 0.350. The van der Waals surface area contributed by atoms with Gasteiger partial charge in [-0.15, -0.1) is 0 Å². The van der Waals surface area contributed by atoms with Crippen molar-refractivity contribution in [3.05, 3.63) is 36.8 Å². The van der Waals surface area contributed by atoms with Crippen LogP contribution in [0.3, 0.4) is 0 Å². The number of aromatic amines is 1. The maximum Gasteiger partial charge on any atom is 0.309 e. The normalized spacial score (nSPS) is 9.90. The number of nitrogens with one attached hydrogen (secondary N) is 1. The summed E-state index contributed by atoms with van der Waals surface area (Å²) in [5, 5.41) is 0.